The lowest BCUT2D eigenvalue weighted by Gasteiger charge is -2.37. The Kier molecular flexibility index (Phi) is 5.88. The molecule has 2 aromatic rings. The predicted octanol–water partition coefficient (Wildman–Crippen LogP) is 2.92. The van der Waals surface area contributed by atoms with E-state index in [-0.39, 0.29) is 11.5 Å². The molecule has 0 saturated carbocycles. The minimum Gasteiger partial charge on any atom is -0.357 e. The Labute approximate surface area is 177 Å². The van der Waals surface area contributed by atoms with Crippen LogP contribution in [0.1, 0.15) is 43.9 Å². The summed E-state index contributed by atoms with van der Waals surface area (Å²) >= 11 is 0. The number of aromatic nitrogens is 3. The number of carbonyl (C=O) groups is 1. The number of amides is 1. The number of rotatable bonds is 3. The Hall–Kier alpha value is -2.70. The number of nitrogens with one attached hydrogen (secondary N) is 1. The van der Waals surface area contributed by atoms with Crippen molar-refractivity contribution < 1.29 is 4.79 Å². The van der Waals surface area contributed by atoms with Crippen LogP contribution < -0.4 is 10.5 Å². The molecule has 0 atom stereocenters. The maximum Gasteiger partial charge on any atom is 0.254 e. The highest BCUT2D eigenvalue weighted by Crippen LogP contribution is 2.26. The smallest absolute Gasteiger partial charge is 0.254 e. The lowest BCUT2D eigenvalue weighted by molar-refractivity contribution is -0.137. The SMILES string of the molecule is Cc1nc(-c2ccc(N3CCC(C(=O)N4CCC(C)CC4)CC3)nc2)[nH]c(=O)c1C. The zero-order valence-corrected chi connectivity index (χ0v) is 18.1. The van der Waals surface area contributed by atoms with E-state index in [0.717, 1.165) is 74.9 Å². The fourth-order valence-corrected chi connectivity index (χ4v) is 4.34. The maximum atomic E-state index is 12.8. The van der Waals surface area contributed by atoms with Gasteiger partial charge in [0.2, 0.25) is 5.91 Å². The molecule has 7 heteroatoms. The molecule has 160 valence electrons. The molecule has 1 N–H and O–H groups in total. The number of carbonyl (C=O) groups excluding carboxylic acids is 1. The third-order valence-electron chi connectivity index (χ3n) is 6.68. The van der Waals surface area contributed by atoms with Gasteiger partial charge in [0.25, 0.3) is 5.56 Å². The molecular weight excluding hydrogens is 378 g/mol. The summed E-state index contributed by atoms with van der Waals surface area (Å²) in [5, 5.41) is 0. The zero-order valence-electron chi connectivity index (χ0n) is 18.1. The molecule has 1 amide bonds. The highest BCUT2D eigenvalue weighted by Gasteiger charge is 2.30. The van der Waals surface area contributed by atoms with Gasteiger partial charge in [-0.05, 0) is 57.6 Å². The first kappa shape index (κ1) is 20.6. The summed E-state index contributed by atoms with van der Waals surface area (Å²) < 4.78 is 0. The Balaban J connectivity index is 1.37. The van der Waals surface area contributed by atoms with Crippen LogP contribution in [0.25, 0.3) is 11.4 Å². The van der Waals surface area contributed by atoms with Crippen LogP contribution in [0.2, 0.25) is 0 Å². The maximum absolute atomic E-state index is 12.8. The number of aryl methyl sites for hydroxylation is 1. The standard InChI is InChI=1S/C23H31N5O2/c1-15-6-10-28(11-7-15)23(30)18-8-12-27(13-9-18)20-5-4-19(14-24-20)21-25-17(3)16(2)22(29)26-21/h4-5,14-15,18H,6-13H2,1-3H3,(H,25,26,29). The third-order valence-corrected chi connectivity index (χ3v) is 6.68. The van der Waals surface area contributed by atoms with E-state index >= 15 is 0 Å². The van der Waals surface area contributed by atoms with Crippen LogP contribution in [0.3, 0.4) is 0 Å². The van der Waals surface area contributed by atoms with Crippen molar-refractivity contribution in [3.8, 4) is 11.4 Å². The van der Waals surface area contributed by atoms with E-state index in [2.05, 4.69) is 31.7 Å². The molecule has 0 radical (unpaired) electrons. The van der Waals surface area contributed by atoms with Gasteiger partial charge in [0.1, 0.15) is 11.6 Å². The van der Waals surface area contributed by atoms with Crippen LogP contribution in [-0.2, 0) is 4.79 Å². The molecule has 4 heterocycles. The summed E-state index contributed by atoms with van der Waals surface area (Å²) in [6, 6.07) is 3.92. The average Bonchev–Trinajstić information content (AvgIpc) is 2.77. The Morgan fingerprint density at radius 2 is 1.77 bits per heavy atom. The second-order valence-corrected chi connectivity index (χ2v) is 8.80. The third kappa shape index (κ3) is 4.25. The second kappa shape index (κ2) is 8.58. The van der Waals surface area contributed by atoms with Gasteiger partial charge in [-0.3, -0.25) is 9.59 Å². The topological polar surface area (TPSA) is 82.2 Å². The zero-order chi connectivity index (χ0) is 21.3. The molecule has 0 bridgehead atoms. The van der Waals surface area contributed by atoms with Crippen molar-refractivity contribution in [2.24, 2.45) is 11.8 Å². The van der Waals surface area contributed by atoms with Gasteiger partial charge < -0.3 is 14.8 Å². The number of hydrogen-bond donors (Lipinski definition) is 1. The number of hydrogen-bond acceptors (Lipinski definition) is 5. The minimum atomic E-state index is -0.114. The van der Waals surface area contributed by atoms with Gasteiger partial charge in [-0.25, -0.2) is 9.97 Å². The number of pyridine rings is 1. The molecule has 2 aliphatic rings. The van der Waals surface area contributed by atoms with E-state index < -0.39 is 0 Å². The van der Waals surface area contributed by atoms with Crippen molar-refractivity contribution in [3.63, 3.8) is 0 Å². The van der Waals surface area contributed by atoms with Crippen LogP contribution in [0.5, 0.6) is 0 Å². The minimum absolute atomic E-state index is 0.114. The molecule has 2 aliphatic heterocycles. The first-order valence-electron chi connectivity index (χ1n) is 11.0. The van der Waals surface area contributed by atoms with Crippen molar-refractivity contribution in [2.45, 2.75) is 46.5 Å². The first-order chi connectivity index (χ1) is 14.4. The van der Waals surface area contributed by atoms with E-state index in [0.29, 0.717) is 17.3 Å². The van der Waals surface area contributed by atoms with E-state index in [9.17, 15) is 9.59 Å². The van der Waals surface area contributed by atoms with Gasteiger partial charge in [0.05, 0.1) is 0 Å². The molecule has 2 saturated heterocycles. The fraction of sp³-hybridized carbons (Fsp3) is 0.565. The summed E-state index contributed by atoms with van der Waals surface area (Å²) in [6.45, 7) is 9.39. The highest BCUT2D eigenvalue weighted by atomic mass is 16.2. The lowest BCUT2D eigenvalue weighted by atomic mass is 9.92. The number of piperidine rings is 2. The number of anilines is 1. The summed E-state index contributed by atoms with van der Waals surface area (Å²) in [4.78, 5) is 41.1. The van der Waals surface area contributed by atoms with Crippen molar-refractivity contribution in [1.82, 2.24) is 19.9 Å². The van der Waals surface area contributed by atoms with Gasteiger partial charge in [0, 0.05) is 55.1 Å². The molecule has 0 unspecified atom stereocenters. The van der Waals surface area contributed by atoms with Gasteiger partial charge in [-0.15, -0.1) is 0 Å². The molecule has 2 aromatic heterocycles. The Bertz CT molecular complexity index is 953. The van der Waals surface area contributed by atoms with Gasteiger partial charge in [-0.2, -0.15) is 0 Å². The van der Waals surface area contributed by atoms with E-state index in [1.54, 1.807) is 13.1 Å². The lowest BCUT2D eigenvalue weighted by Crippen LogP contribution is -2.45. The van der Waals surface area contributed by atoms with Gasteiger partial charge in [-0.1, -0.05) is 6.92 Å². The number of H-pyrrole nitrogens is 1. The largest absolute Gasteiger partial charge is 0.357 e. The predicted molar refractivity (Wildman–Crippen MR) is 117 cm³/mol. The average molecular weight is 410 g/mol. The Morgan fingerprint density at radius 1 is 1.07 bits per heavy atom. The van der Waals surface area contributed by atoms with Crippen molar-refractivity contribution in [1.29, 1.82) is 0 Å². The molecule has 7 nitrogen and oxygen atoms in total. The molecular formula is C23H31N5O2. The van der Waals surface area contributed by atoms with E-state index in [1.807, 2.05) is 19.1 Å². The van der Waals surface area contributed by atoms with Crippen molar-refractivity contribution in [3.05, 3.63) is 39.9 Å². The van der Waals surface area contributed by atoms with E-state index in [4.69, 9.17) is 0 Å². The summed E-state index contributed by atoms with van der Waals surface area (Å²) in [6.07, 6.45) is 5.76. The van der Waals surface area contributed by atoms with Gasteiger partial charge in [0.15, 0.2) is 0 Å². The number of likely N-dealkylation sites (tertiary alicyclic amines) is 1. The number of nitrogens with zero attached hydrogens (tertiary/aromatic N) is 4. The summed E-state index contributed by atoms with van der Waals surface area (Å²) in [5.74, 6) is 2.67. The Morgan fingerprint density at radius 3 is 2.37 bits per heavy atom. The number of aromatic amines is 1. The molecule has 0 aliphatic carbocycles. The van der Waals surface area contributed by atoms with Crippen LogP contribution in [0, 0.1) is 25.7 Å². The molecule has 0 aromatic carbocycles. The molecule has 30 heavy (non-hydrogen) atoms. The van der Waals surface area contributed by atoms with Crippen molar-refractivity contribution >= 4 is 11.7 Å². The molecule has 2 fully saturated rings. The fourth-order valence-electron chi connectivity index (χ4n) is 4.34. The molecule has 4 rings (SSSR count). The first-order valence-corrected chi connectivity index (χ1v) is 11.0. The molecule has 0 spiro atoms. The summed E-state index contributed by atoms with van der Waals surface area (Å²) in [5.41, 5.74) is 2.05. The van der Waals surface area contributed by atoms with Gasteiger partial charge >= 0.3 is 0 Å². The van der Waals surface area contributed by atoms with Crippen molar-refractivity contribution in [2.75, 3.05) is 31.1 Å². The van der Waals surface area contributed by atoms with E-state index in [1.165, 1.54) is 0 Å². The van der Waals surface area contributed by atoms with Crippen LogP contribution in [0.15, 0.2) is 23.1 Å². The highest BCUT2D eigenvalue weighted by molar-refractivity contribution is 5.79. The van der Waals surface area contributed by atoms with Crippen LogP contribution in [0.4, 0.5) is 5.82 Å². The van der Waals surface area contributed by atoms with Crippen LogP contribution in [-0.4, -0.2) is 51.9 Å². The van der Waals surface area contributed by atoms with Crippen LogP contribution >= 0.6 is 0 Å². The normalized spacial score (nSPS) is 18.6. The summed E-state index contributed by atoms with van der Waals surface area (Å²) in [7, 11) is 0. The quantitative estimate of drug-likeness (QED) is 0.843. The monoisotopic (exact) mass is 409 g/mol. The second-order valence-electron chi connectivity index (χ2n) is 8.80.